The highest BCUT2D eigenvalue weighted by Gasteiger charge is 2.51. The minimum absolute atomic E-state index is 0. The molecule has 32 heavy (non-hydrogen) atoms. The van der Waals surface area contributed by atoms with Gasteiger partial charge in [-0.05, 0) is 43.1 Å². The number of methoxy groups -OCH3 is 1. The Balaban J connectivity index is 0.00000289. The number of ether oxygens (including phenoxy) is 1. The smallest absolute Gasteiger partial charge is 0.298 e. The number of nitrogens with two attached hydrogens (primary N) is 2. The molecule has 1 aliphatic carbocycles. The molecule has 1 aromatic carbocycles. The van der Waals surface area contributed by atoms with Gasteiger partial charge in [0, 0.05) is 25.8 Å². The van der Waals surface area contributed by atoms with Gasteiger partial charge in [-0.15, -0.1) is 0 Å². The number of rotatable bonds is 5. The summed E-state index contributed by atoms with van der Waals surface area (Å²) in [5.41, 5.74) is 14.6. The van der Waals surface area contributed by atoms with Crippen molar-refractivity contribution in [3.8, 4) is 23.1 Å². The van der Waals surface area contributed by atoms with Crippen LogP contribution in [0, 0.1) is 17.3 Å². The van der Waals surface area contributed by atoms with Crippen LogP contribution in [0.3, 0.4) is 0 Å². The monoisotopic (exact) mass is 437 g/mol. The highest BCUT2D eigenvalue weighted by Crippen LogP contribution is 2.54. The van der Waals surface area contributed by atoms with Gasteiger partial charge in [0.2, 0.25) is 0 Å². The van der Waals surface area contributed by atoms with Gasteiger partial charge in [0.25, 0.3) is 11.8 Å². The number of hydrogen-bond donors (Lipinski definition) is 2. The Hall–Kier alpha value is -3.31. The van der Waals surface area contributed by atoms with Crippen molar-refractivity contribution in [2.24, 2.45) is 11.1 Å². The van der Waals surface area contributed by atoms with Crippen molar-refractivity contribution in [2.75, 3.05) is 25.9 Å². The quantitative estimate of drug-likeness (QED) is 0.698. The molecule has 2 amide bonds. The van der Waals surface area contributed by atoms with Crippen molar-refractivity contribution in [1.82, 2.24) is 14.7 Å². The minimum atomic E-state index is -0.593. The summed E-state index contributed by atoms with van der Waals surface area (Å²) in [6.45, 7) is 3.60. The molecule has 8 nitrogen and oxygen atoms in total. The summed E-state index contributed by atoms with van der Waals surface area (Å²) in [4.78, 5) is 26.1. The Morgan fingerprint density at radius 1 is 1.28 bits per heavy atom. The number of aromatic nitrogens is 2. The molecule has 2 fully saturated rings. The molecule has 170 valence electrons. The fraction of sp³-hybridized carbons (Fsp3) is 0.458. The first-order chi connectivity index (χ1) is 14.9. The topological polar surface area (TPSA) is 116 Å². The van der Waals surface area contributed by atoms with Gasteiger partial charge in [-0.3, -0.25) is 9.59 Å². The van der Waals surface area contributed by atoms with E-state index in [2.05, 4.69) is 11.8 Å². The maximum atomic E-state index is 12.2. The summed E-state index contributed by atoms with van der Waals surface area (Å²) in [6, 6.07) is 7.72. The van der Waals surface area contributed by atoms with Gasteiger partial charge in [0.1, 0.15) is 17.1 Å². The summed E-state index contributed by atoms with van der Waals surface area (Å²) in [5.74, 6) is 4.88. The number of hydrogen-bond acceptors (Lipinski definition) is 5. The average molecular weight is 438 g/mol. The number of likely N-dealkylation sites (tertiary alicyclic amines) is 1. The van der Waals surface area contributed by atoms with Crippen molar-refractivity contribution in [1.29, 1.82) is 0 Å². The van der Waals surface area contributed by atoms with Gasteiger partial charge >= 0.3 is 0 Å². The third kappa shape index (κ3) is 4.08. The normalized spacial score (nSPS) is 21.4. The first-order valence-corrected chi connectivity index (χ1v) is 10.3. The highest BCUT2D eigenvalue weighted by molar-refractivity contribution is 6.03. The zero-order valence-corrected chi connectivity index (χ0v) is 17.9. The molecule has 1 spiro atoms. The second-order valence-electron chi connectivity index (χ2n) is 8.46. The molecule has 0 bridgehead atoms. The zero-order chi connectivity index (χ0) is 22.2. The van der Waals surface area contributed by atoms with Crippen molar-refractivity contribution in [3.05, 3.63) is 35.4 Å². The Kier molecular flexibility index (Phi) is 6.60. The van der Waals surface area contributed by atoms with Gasteiger partial charge in [-0.1, -0.05) is 37.6 Å². The van der Waals surface area contributed by atoms with E-state index in [0.717, 1.165) is 36.9 Å². The second-order valence-corrected chi connectivity index (χ2v) is 8.46. The summed E-state index contributed by atoms with van der Waals surface area (Å²) in [5, 5.41) is 4.69. The van der Waals surface area contributed by atoms with Gasteiger partial charge in [0.05, 0.1) is 12.6 Å². The largest absolute Gasteiger partial charge is 0.383 e. The van der Waals surface area contributed by atoms with Crippen LogP contribution in [0.25, 0.3) is 11.3 Å². The molecule has 4 rings (SSSR count). The maximum absolute atomic E-state index is 12.2. The van der Waals surface area contributed by atoms with E-state index in [0.29, 0.717) is 24.7 Å². The van der Waals surface area contributed by atoms with Crippen LogP contribution in [-0.4, -0.2) is 46.7 Å². The van der Waals surface area contributed by atoms with Crippen LogP contribution in [0.2, 0.25) is 0 Å². The van der Waals surface area contributed by atoms with Crippen LogP contribution >= 0.6 is 0 Å². The van der Waals surface area contributed by atoms with Gasteiger partial charge in [-0.25, -0.2) is 4.68 Å². The van der Waals surface area contributed by atoms with E-state index in [1.165, 1.54) is 0 Å². The zero-order valence-electron chi connectivity index (χ0n) is 17.9. The Labute approximate surface area is 188 Å². The number of carbonyl (C=O) groups is 2. The molecule has 8 heteroatoms. The molecule has 0 atom stereocenters. The second kappa shape index (κ2) is 9.05. The van der Waals surface area contributed by atoms with Crippen LogP contribution in [0.4, 0.5) is 5.82 Å². The Morgan fingerprint density at radius 2 is 1.97 bits per heavy atom. The van der Waals surface area contributed by atoms with E-state index < -0.39 is 5.91 Å². The van der Waals surface area contributed by atoms with E-state index in [-0.39, 0.29) is 30.4 Å². The van der Waals surface area contributed by atoms with Gasteiger partial charge < -0.3 is 21.1 Å². The Bertz CT molecular complexity index is 1070. The molecule has 4 N–H and O–H groups in total. The van der Waals surface area contributed by atoms with E-state index >= 15 is 0 Å². The van der Waals surface area contributed by atoms with E-state index in [1.807, 2.05) is 29.2 Å². The number of nitrogen functional groups attached to an aromatic ring is 1. The lowest BCUT2D eigenvalue weighted by Gasteiger charge is -2.45. The number of anilines is 1. The lowest BCUT2D eigenvalue weighted by atomic mass is 9.65. The molecular formula is C24H31N5O3. The summed E-state index contributed by atoms with van der Waals surface area (Å²) < 4.78 is 6.88. The number of nitrogens with zero attached hydrogens (tertiary/aromatic N) is 3. The molecule has 2 aliphatic rings. The van der Waals surface area contributed by atoms with E-state index in [9.17, 15) is 9.59 Å². The third-order valence-electron chi connectivity index (χ3n) is 6.37. The molecule has 2 aromatic rings. The molecule has 1 aliphatic heterocycles. The summed E-state index contributed by atoms with van der Waals surface area (Å²) in [6.07, 6.45) is 2.65. The average Bonchev–Trinajstić information content (AvgIpc) is 3.30. The van der Waals surface area contributed by atoms with Crippen LogP contribution < -0.4 is 11.5 Å². The first-order valence-electron chi connectivity index (χ1n) is 10.3. The predicted octanol–water partition coefficient (Wildman–Crippen LogP) is 2.59. The van der Waals surface area contributed by atoms with Crippen molar-refractivity contribution in [2.45, 2.75) is 46.3 Å². The lowest BCUT2D eigenvalue weighted by molar-refractivity contribution is -0.125. The fourth-order valence-corrected chi connectivity index (χ4v) is 4.84. The first kappa shape index (κ1) is 23.4. The molecule has 1 saturated heterocycles. The van der Waals surface area contributed by atoms with Gasteiger partial charge in [-0.2, -0.15) is 5.10 Å². The van der Waals surface area contributed by atoms with E-state index in [4.69, 9.17) is 21.3 Å². The Morgan fingerprint density at radius 3 is 2.56 bits per heavy atom. The summed E-state index contributed by atoms with van der Waals surface area (Å²) >= 11 is 0. The molecule has 2 heterocycles. The van der Waals surface area contributed by atoms with Gasteiger partial charge in [0.15, 0.2) is 0 Å². The van der Waals surface area contributed by atoms with Crippen LogP contribution in [0.15, 0.2) is 24.3 Å². The number of benzene rings is 1. The van der Waals surface area contributed by atoms with Crippen LogP contribution in [0.1, 0.15) is 55.6 Å². The lowest BCUT2D eigenvalue weighted by Crippen LogP contribution is -2.42. The van der Waals surface area contributed by atoms with Crippen LogP contribution in [-0.2, 0) is 16.1 Å². The minimum Gasteiger partial charge on any atom is -0.383 e. The number of carbonyl (C=O) groups excluding carboxylic acids is 2. The van der Waals surface area contributed by atoms with Crippen molar-refractivity contribution in [3.63, 3.8) is 0 Å². The van der Waals surface area contributed by atoms with Crippen molar-refractivity contribution < 1.29 is 14.3 Å². The summed E-state index contributed by atoms with van der Waals surface area (Å²) in [7, 11) is 1.64. The fourth-order valence-electron chi connectivity index (χ4n) is 4.84. The highest BCUT2D eigenvalue weighted by atomic mass is 16.5. The standard InChI is InChI=1S/C23H27N5O3.CH4/c1-3-4-18(29)27-10-9-23(14-27)11-17(12-23)28-21(24)19(22(25)30)20(26-28)16-7-5-15(6-8-16)13-31-2;/h5-8,17H,9-14,24H2,1-2H3,(H2,25,30);1H4. The molecule has 1 saturated carbocycles. The molecule has 0 radical (unpaired) electrons. The third-order valence-corrected chi connectivity index (χ3v) is 6.37. The SMILES string of the molecule is C.CC#CC(=O)N1CCC2(CC(n3nc(-c4ccc(COC)cc4)c(C(N)=O)c3N)C2)C1. The number of amides is 2. The molecule has 1 aromatic heterocycles. The van der Waals surface area contributed by atoms with Crippen LogP contribution in [0.5, 0.6) is 0 Å². The van der Waals surface area contributed by atoms with E-state index in [1.54, 1.807) is 18.7 Å². The predicted molar refractivity (Wildman–Crippen MR) is 123 cm³/mol. The maximum Gasteiger partial charge on any atom is 0.298 e. The molecule has 0 unspecified atom stereocenters. The van der Waals surface area contributed by atoms with Crippen molar-refractivity contribution >= 4 is 17.6 Å². The molecular weight excluding hydrogens is 406 g/mol. The number of primary amides is 1.